The zero-order chi connectivity index (χ0) is 28.2. The van der Waals surface area contributed by atoms with E-state index in [1.807, 2.05) is 0 Å². The molecule has 0 aliphatic carbocycles. The highest BCUT2D eigenvalue weighted by atomic mass is 16.5. The number of H-pyrrole nitrogens is 1. The summed E-state index contributed by atoms with van der Waals surface area (Å²) in [5.41, 5.74) is -4.89. The minimum atomic E-state index is -1.11. The lowest BCUT2D eigenvalue weighted by Crippen LogP contribution is -2.59. The van der Waals surface area contributed by atoms with Crippen LogP contribution in [0.15, 0.2) is 38.7 Å². The van der Waals surface area contributed by atoms with Crippen LogP contribution in [0.3, 0.4) is 0 Å². The smallest absolute Gasteiger partial charge is 0.337 e. The van der Waals surface area contributed by atoms with Crippen LogP contribution in [-0.2, 0) is 30.1 Å². The third-order valence-electron chi connectivity index (χ3n) is 6.20. The van der Waals surface area contributed by atoms with Crippen molar-refractivity contribution < 1.29 is 19.1 Å². The maximum atomic E-state index is 13.4. The highest BCUT2D eigenvalue weighted by Gasteiger charge is 2.33. The Bertz CT molecular complexity index is 1200. The Hall–Kier alpha value is -2.85. The Balaban J connectivity index is 3.20. The average molecular weight is 508 g/mol. The molecule has 0 fully saturated rings. The molecule has 10 nitrogen and oxygen atoms in total. The molecule has 1 heterocycles. The van der Waals surface area contributed by atoms with Gasteiger partial charge < -0.3 is 9.47 Å². The predicted octanol–water partition coefficient (Wildman–Crippen LogP) is 2.44. The van der Waals surface area contributed by atoms with E-state index < -0.39 is 39.9 Å². The quantitative estimate of drug-likeness (QED) is 0.383. The standard InChI is InChI=1S/C26H41N3O7/c1-16(2)19(30)18(5)35-14-12-24(6,7)28-21(32)27-22(33)29(23(28)34)25(8,9)13-15-36-26(10,11)20(31)17(3)4/h18H,1,3,12-15H2,2,4-11H3,(H,27,32,33). The number of Topliss-reactive ketones (excluding diaryl/α,β-unsaturated/α-hetero) is 2. The Morgan fingerprint density at radius 2 is 1.31 bits per heavy atom. The molecule has 0 aromatic carbocycles. The number of hydrogen-bond acceptors (Lipinski definition) is 7. The van der Waals surface area contributed by atoms with Gasteiger partial charge in [0.25, 0.3) is 0 Å². The third-order valence-corrected chi connectivity index (χ3v) is 6.20. The van der Waals surface area contributed by atoms with E-state index in [1.54, 1.807) is 62.3 Å². The predicted molar refractivity (Wildman–Crippen MR) is 139 cm³/mol. The van der Waals surface area contributed by atoms with Gasteiger partial charge in [0, 0.05) is 6.61 Å². The molecule has 0 spiro atoms. The van der Waals surface area contributed by atoms with Gasteiger partial charge in [-0.25, -0.2) is 23.5 Å². The first-order valence-corrected chi connectivity index (χ1v) is 11.9. The van der Waals surface area contributed by atoms with Crippen molar-refractivity contribution in [2.45, 2.75) is 97.9 Å². The highest BCUT2D eigenvalue weighted by Crippen LogP contribution is 2.21. The van der Waals surface area contributed by atoms with Crippen LogP contribution in [0, 0.1) is 0 Å². The number of ketones is 2. The van der Waals surface area contributed by atoms with E-state index in [9.17, 15) is 24.0 Å². The fourth-order valence-corrected chi connectivity index (χ4v) is 3.81. The lowest BCUT2D eigenvalue weighted by molar-refractivity contribution is -0.137. The molecule has 0 aliphatic rings. The molecule has 1 aromatic heterocycles. The van der Waals surface area contributed by atoms with E-state index in [4.69, 9.17) is 9.47 Å². The molecule has 1 unspecified atom stereocenters. The maximum Gasteiger partial charge on any atom is 0.337 e. The molecule has 0 radical (unpaired) electrons. The molecule has 1 atom stereocenters. The number of carbonyl (C=O) groups is 2. The zero-order valence-electron chi connectivity index (χ0n) is 23.1. The van der Waals surface area contributed by atoms with Gasteiger partial charge in [-0.1, -0.05) is 13.2 Å². The molecule has 1 rings (SSSR count). The van der Waals surface area contributed by atoms with Crippen molar-refractivity contribution in [3.05, 3.63) is 55.8 Å². The normalized spacial score (nSPS) is 13.4. The molecule has 202 valence electrons. The number of ether oxygens (including phenoxy) is 2. The number of hydrogen-bond donors (Lipinski definition) is 1. The van der Waals surface area contributed by atoms with Gasteiger partial charge in [0.15, 0.2) is 11.6 Å². The van der Waals surface area contributed by atoms with Gasteiger partial charge in [-0.05, 0) is 86.3 Å². The summed E-state index contributed by atoms with van der Waals surface area (Å²) < 4.78 is 13.3. The van der Waals surface area contributed by atoms with Crippen LogP contribution in [-0.4, -0.2) is 50.6 Å². The molecule has 0 amide bonds. The molecule has 36 heavy (non-hydrogen) atoms. The maximum absolute atomic E-state index is 13.4. The Kier molecular flexibility index (Phi) is 9.93. The summed E-state index contributed by atoms with van der Waals surface area (Å²) in [6, 6.07) is 0. The Morgan fingerprint density at radius 1 is 0.861 bits per heavy atom. The summed E-state index contributed by atoms with van der Waals surface area (Å²) in [4.78, 5) is 65.3. The van der Waals surface area contributed by atoms with Gasteiger partial charge in [0.05, 0.1) is 17.7 Å². The van der Waals surface area contributed by atoms with E-state index in [0.29, 0.717) is 11.1 Å². The fraction of sp³-hybridized carbons (Fsp3) is 0.654. The van der Waals surface area contributed by atoms with E-state index in [2.05, 4.69) is 18.1 Å². The lowest BCUT2D eigenvalue weighted by Gasteiger charge is -2.32. The first kappa shape index (κ1) is 31.2. The van der Waals surface area contributed by atoms with E-state index in [0.717, 1.165) is 9.13 Å². The van der Waals surface area contributed by atoms with Gasteiger partial charge in [-0.15, -0.1) is 0 Å². The number of rotatable bonds is 14. The first-order chi connectivity index (χ1) is 16.3. The second-order valence-corrected chi connectivity index (χ2v) is 10.9. The van der Waals surface area contributed by atoms with Crippen LogP contribution < -0.4 is 17.1 Å². The van der Waals surface area contributed by atoms with Gasteiger partial charge in [-0.3, -0.25) is 14.6 Å². The highest BCUT2D eigenvalue weighted by molar-refractivity contribution is 6.00. The van der Waals surface area contributed by atoms with Crippen LogP contribution in [0.4, 0.5) is 0 Å². The van der Waals surface area contributed by atoms with Crippen LogP contribution in [0.5, 0.6) is 0 Å². The number of carbonyl (C=O) groups excluding carboxylic acids is 2. The summed E-state index contributed by atoms with van der Waals surface area (Å²) in [5, 5.41) is 0. The average Bonchev–Trinajstić information content (AvgIpc) is 2.70. The minimum Gasteiger partial charge on any atom is -0.370 e. The Morgan fingerprint density at radius 3 is 1.72 bits per heavy atom. The van der Waals surface area contributed by atoms with Crippen LogP contribution in [0.2, 0.25) is 0 Å². The number of aromatic amines is 1. The third kappa shape index (κ3) is 7.33. The molecule has 0 bridgehead atoms. The lowest BCUT2D eigenvalue weighted by atomic mass is 9.97. The van der Waals surface area contributed by atoms with E-state index in [1.165, 1.54) is 0 Å². The molecular weight excluding hydrogens is 466 g/mol. The topological polar surface area (TPSA) is 129 Å². The monoisotopic (exact) mass is 507 g/mol. The van der Waals surface area contributed by atoms with Crippen molar-refractivity contribution in [2.75, 3.05) is 13.2 Å². The summed E-state index contributed by atoms with van der Waals surface area (Å²) in [7, 11) is 0. The summed E-state index contributed by atoms with van der Waals surface area (Å²) in [6.45, 7) is 22.2. The Labute approximate surface area is 212 Å². The molecule has 10 heteroatoms. The van der Waals surface area contributed by atoms with Gasteiger partial charge in [-0.2, -0.15) is 0 Å². The van der Waals surface area contributed by atoms with Crippen LogP contribution in [0.1, 0.15) is 75.2 Å². The van der Waals surface area contributed by atoms with Crippen LogP contribution in [0.25, 0.3) is 0 Å². The number of nitrogens with one attached hydrogen (secondary N) is 1. The second-order valence-electron chi connectivity index (χ2n) is 10.9. The molecule has 1 N–H and O–H groups in total. The summed E-state index contributed by atoms with van der Waals surface area (Å²) in [5.74, 6) is -0.472. The number of nitrogens with zero attached hydrogens (tertiary/aromatic N) is 2. The molecule has 0 saturated heterocycles. The minimum absolute atomic E-state index is 0.0793. The van der Waals surface area contributed by atoms with Crippen LogP contribution >= 0.6 is 0 Å². The first-order valence-electron chi connectivity index (χ1n) is 11.9. The van der Waals surface area contributed by atoms with Crippen molar-refractivity contribution in [1.82, 2.24) is 14.1 Å². The van der Waals surface area contributed by atoms with E-state index >= 15 is 0 Å². The van der Waals surface area contributed by atoms with Crippen molar-refractivity contribution in [1.29, 1.82) is 0 Å². The SMILES string of the molecule is C=C(C)C(=O)C(C)OCCC(C)(C)n1c(=O)[nH]c(=O)n(C(C)(C)CCOC(C)(C)C(=O)C(=C)C)c1=O. The summed E-state index contributed by atoms with van der Waals surface area (Å²) in [6.07, 6.45) is -0.268. The molecular formula is C26H41N3O7. The van der Waals surface area contributed by atoms with Gasteiger partial charge in [0.2, 0.25) is 0 Å². The largest absolute Gasteiger partial charge is 0.370 e. The van der Waals surface area contributed by atoms with Crippen molar-refractivity contribution in [3.8, 4) is 0 Å². The molecule has 0 saturated carbocycles. The van der Waals surface area contributed by atoms with Crippen molar-refractivity contribution in [3.63, 3.8) is 0 Å². The van der Waals surface area contributed by atoms with Gasteiger partial charge in [0.1, 0.15) is 11.7 Å². The molecule has 0 aliphatic heterocycles. The second kappa shape index (κ2) is 11.5. The van der Waals surface area contributed by atoms with E-state index in [-0.39, 0.29) is 37.6 Å². The van der Waals surface area contributed by atoms with Gasteiger partial charge >= 0.3 is 17.1 Å². The fourth-order valence-electron chi connectivity index (χ4n) is 3.81. The van der Waals surface area contributed by atoms with Crippen molar-refractivity contribution >= 4 is 11.6 Å². The van der Waals surface area contributed by atoms with Crippen molar-refractivity contribution in [2.24, 2.45) is 0 Å². The zero-order valence-corrected chi connectivity index (χ0v) is 23.1. The summed E-state index contributed by atoms with van der Waals surface area (Å²) >= 11 is 0. The number of aromatic nitrogens is 3. The molecule has 1 aromatic rings.